The zero-order valence-electron chi connectivity index (χ0n) is 11.0. The first kappa shape index (κ1) is 13.8. The number of aliphatic hydroxyl groups is 1. The van der Waals surface area contributed by atoms with Gasteiger partial charge in [0.05, 0.1) is 5.92 Å². The van der Waals surface area contributed by atoms with E-state index >= 15 is 0 Å². The molecular formula is C14H25NO3. The van der Waals surface area contributed by atoms with Crippen LogP contribution in [0.15, 0.2) is 0 Å². The highest BCUT2D eigenvalue weighted by Gasteiger charge is 2.30. The van der Waals surface area contributed by atoms with Gasteiger partial charge < -0.3 is 15.5 Å². The van der Waals surface area contributed by atoms with Gasteiger partial charge in [-0.15, -0.1) is 0 Å². The van der Waals surface area contributed by atoms with Gasteiger partial charge in [-0.3, -0.25) is 4.79 Å². The van der Waals surface area contributed by atoms with Crippen LogP contribution in [0, 0.1) is 17.8 Å². The Labute approximate surface area is 109 Å². The fourth-order valence-electron chi connectivity index (χ4n) is 3.54. The van der Waals surface area contributed by atoms with Crippen molar-refractivity contribution in [1.82, 2.24) is 5.32 Å². The summed E-state index contributed by atoms with van der Waals surface area (Å²) in [5.41, 5.74) is 0. The molecule has 2 saturated carbocycles. The van der Waals surface area contributed by atoms with E-state index in [1.165, 1.54) is 12.8 Å². The van der Waals surface area contributed by atoms with Crippen molar-refractivity contribution >= 4 is 5.97 Å². The molecular weight excluding hydrogens is 230 g/mol. The smallest absolute Gasteiger partial charge is 0.306 e. The Bertz CT molecular complexity index is 282. The highest BCUT2D eigenvalue weighted by molar-refractivity contribution is 5.70. The summed E-state index contributed by atoms with van der Waals surface area (Å²) in [4.78, 5) is 11.0. The average Bonchev–Trinajstić information content (AvgIpc) is 2.84. The first-order chi connectivity index (χ1) is 8.70. The van der Waals surface area contributed by atoms with Gasteiger partial charge in [-0.2, -0.15) is 0 Å². The van der Waals surface area contributed by atoms with E-state index in [1.807, 2.05) is 0 Å². The Morgan fingerprint density at radius 3 is 2.56 bits per heavy atom. The molecule has 4 heteroatoms. The van der Waals surface area contributed by atoms with E-state index in [1.54, 1.807) is 0 Å². The van der Waals surface area contributed by atoms with Gasteiger partial charge in [0.15, 0.2) is 0 Å². The van der Waals surface area contributed by atoms with Gasteiger partial charge in [0.1, 0.15) is 0 Å². The molecule has 0 bridgehead atoms. The van der Waals surface area contributed by atoms with Crippen molar-refractivity contribution in [2.75, 3.05) is 13.2 Å². The lowest BCUT2D eigenvalue weighted by molar-refractivity contribution is -0.143. The van der Waals surface area contributed by atoms with Crippen molar-refractivity contribution < 1.29 is 15.0 Å². The van der Waals surface area contributed by atoms with Crippen LogP contribution < -0.4 is 5.32 Å². The summed E-state index contributed by atoms with van der Waals surface area (Å²) in [5.74, 6) is 0.237. The highest BCUT2D eigenvalue weighted by Crippen LogP contribution is 2.31. The van der Waals surface area contributed by atoms with Crippen LogP contribution in [-0.4, -0.2) is 35.4 Å². The molecule has 0 radical (unpaired) electrons. The van der Waals surface area contributed by atoms with Crippen LogP contribution in [0.4, 0.5) is 0 Å². The zero-order valence-corrected chi connectivity index (χ0v) is 11.0. The summed E-state index contributed by atoms with van der Waals surface area (Å²) in [6.45, 7) is 1.25. The highest BCUT2D eigenvalue weighted by atomic mass is 16.4. The van der Waals surface area contributed by atoms with E-state index in [2.05, 4.69) is 5.32 Å². The quantitative estimate of drug-likeness (QED) is 0.698. The molecule has 2 rings (SSSR count). The Hall–Kier alpha value is -0.610. The van der Waals surface area contributed by atoms with Crippen LogP contribution in [0.1, 0.15) is 44.9 Å². The van der Waals surface area contributed by atoms with Crippen molar-refractivity contribution in [1.29, 1.82) is 0 Å². The first-order valence-corrected chi connectivity index (χ1v) is 7.27. The Morgan fingerprint density at radius 1 is 1.11 bits per heavy atom. The fraction of sp³-hybridized carbons (Fsp3) is 0.929. The van der Waals surface area contributed by atoms with Crippen LogP contribution in [0.5, 0.6) is 0 Å². The molecule has 0 aliphatic heterocycles. The van der Waals surface area contributed by atoms with E-state index in [0.717, 1.165) is 38.6 Å². The summed E-state index contributed by atoms with van der Waals surface area (Å²) in [7, 11) is 0. The Morgan fingerprint density at radius 2 is 1.83 bits per heavy atom. The van der Waals surface area contributed by atoms with Crippen LogP contribution in [-0.2, 0) is 4.79 Å². The van der Waals surface area contributed by atoms with Crippen LogP contribution in [0.25, 0.3) is 0 Å². The van der Waals surface area contributed by atoms with Crippen molar-refractivity contribution in [3.8, 4) is 0 Å². The second-order valence-corrected chi connectivity index (χ2v) is 5.94. The van der Waals surface area contributed by atoms with Gasteiger partial charge in [-0.25, -0.2) is 0 Å². The molecule has 4 atom stereocenters. The predicted molar refractivity (Wildman–Crippen MR) is 69.3 cm³/mol. The summed E-state index contributed by atoms with van der Waals surface area (Å²) in [6, 6.07) is 0.361. The number of hydrogen-bond acceptors (Lipinski definition) is 3. The molecule has 4 unspecified atom stereocenters. The molecule has 0 spiro atoms. The lowest BCUT2D eigenvalue weighted by Crippen LogP contribution is -2.39. The number of carboxylic acids is 1. The minimum absolute atomic E-state index is 0.159. The van der Waals surface area contributed by atoms with Gasteiger partial charge in [0.25, 0.3) is 0 Å². The van der Waals surface area contributed by atoms with Crippen molar-refractivity contribution in [3.05, 3.63) is 0 Å². The van der Waals surface area contributed by atoms with Gasteiger partial charge in [0, 0.05) is 12.6 Å². The van der Waals surface area contributed by atoms with E-state index in [-0.39, 0.29) is 5.92 Å². The molecule has 0 aromatic heterocycles. The van der Waals surface area contributed by atoms with E-state index in [0.29, 0.717) is 24.5 Å². The van der Waals surface area contributed by atoms with Crippen molar-refractivity contribution in [2.24, 2.45) is 17.8 Å². The molecule has 2 fully saturated rings. The number of carboxylic acid groups (broad SMARTS) is 1. The van der Waals surface area contributed by atoms with Gasteiger partial charge in [-0.1, -0.05) is 12.8 Å². The molecule has 18 heavy (non-hydrogen) atoms. The lowest BCUT2D eigenvalue weighted by Gasteiger charge is -2.29. The normalized spacial score (nSPS) is 36.7. The van der Waals surface area contributed by atoms with Crippen molar-refractivity contribution in [2.45, 2.75) is 51.0 Å². The van der Waals surface area contributed by atoms with Gasteiger partial charge in [-0.05, 0) is 50.5 Å². The van der Waals surface area contributed by atoms with E-state index in [9.17, 15) is 9.90 Å². The lowest BCUT2D eigenvalue weighted by atomic mass is 9.85. The molecule has 4 nitrogen and oxygen atoms in total. The largest absolute Gasteiger partial charge is 0.481 e. The van der Waals surface area contributed by atoms with Crippen molar-refractivity contribution in [3.63, 3.8) is 0 Å². The average molecular weight is 255 g/mol. The molecule has 3 N–H and O–H groups in total. The maximum absolute atomic E-state index is 11.0. The molecule has 2 aliphatic carbocycles. The molecule has 0 amide bonds. The van der Waals surface area contributed by atoms with Crippen LogP contribution in [0.2, 0.25) is 0 Å². The standard InChI is InChI=1S/C14H25NO3/c16-9-12-5-1-4-11(12)8-15-13-6-2-3-10(7-13)14(17)18/h10-13,15-16H,1-9H2,(H,17,18). The van der Waals surface area contributed by atoms with Crippen LogP contribution >= 0.6 is 0 Å². The number of aliphatic carboxylic acids is 1. The third-order valence-corrected chi connectivity index (χ3v) is 4.74. The molecule has 0 heterocycles. The molecule has 0 aromatic rings. The molecule has 0 saturated heterocycles. The fourth-order valence-corrected chi connectivity index (χ4v) is 3.54. The summed E-state index contributed by atoms with van der Waals surface area (Å²) < 4.78 is 0. The van der Waals surface area contributed by atoms with E-state index in [4.69, 9.17) is 5.11 Å². The number of aliphatic hydroxyl groups excluding tert-OH is 1. The molecule has 2 aliphatic rings. The molecule has 104 valence electrons. The Balaban J connectivity index is 1.74. The maximum Gasteiger partial charge on any atom is 0.306 e. The second-order valence-electron chi connectivity index (χ2n) is 5.94. The van der Waals surface area contributed by atoms with Gasteiger partial charge >= 0.3 is 5.97 Å². The zero-order chi connectivity index (χ0) is 13.0. The van der Waals surface area contributed by atoms with Crippen LogP contribution in [0.3, 0.4) is 0 Å². The minimum Gasteiger partial charge on any atom is -0.481 e. The summed E-state index contributed by atoms with van der Waals surface area (Å²) in [5, 5.41) is 21.9. The maximum atomic E-state index is 11.0. The SMILES string of the molecule is O=C(O)C1CCCC(NCC2CCCC2CO)C1. The predicted octanol–water partition coefficient (Wildman–Crippen LogP) is 1.63. The Kier molecular flexibility index (Phi) is 5.01. The van der Waals surface area contributed by atoms with Gasteiger partial charge in [0.2, 0.25) is 0 Å². The topological polar surface area (TPSA) is 69.6 Å². The second kappa shape index (κ2) is 6.53. The minimum atomic E-state index is -0.643. The number of carbonyl (C=O) groups is 1. The third-order valence-electron chi connectivity index (χ3n) is 4.74. The summed E-state index contributed by atoms with van der Waals surface area (Å²) in [6.07, 6.45) is 7.28. The monoisotopic (exact) mass is 255 g/mol. The number of nitrogens with one attached hydrogen (secondary N) is 1. The number of rotatable bonds is 5. The summed E-state index contributed by atoms with van der Waals surface area (Å²) >= 11 is 0. The number of hydrogen-bond donors (Lipinski definition) is 3. The third kappa shape index (κ3) is 3.45. The first-order valence-electron chi connectivity index (χ1n) is 7.27. The van der Waals surface area contributed by atoms with E-state index < -0.39 is 5.97 Å². The molecule has 0 aromatic carbocycles.